The SMILES string of the molecule is Cc1c(Br)cccc1C(=O)NC1C=CC(C(=O)O)C1. The van der Waals surface area contributed by atoms with Crippen molar-refractivity contribution < 1.29 is 14.7 Å². The van der Waals surface area contributed by atoms with Crippen LogP contribution in [0.15, 0.2) is 34.8 Å². The monoisotopic (exact) mass is 323 g/mol. The summed E-state index contributed by atoms with van der Waals surface area (Å²) in [6.45, 7) is 1.86. The molecule has 0 aromatic heterocycles. The first-order valence-electron chi connectivity index (χ1n) is 5.96. The van der Waals surface area contributed by atoms with Crippen LogP contribution < -0.4 is 5.32 Å². The Morgan fingerprint density at radius 1 is 1.37 bits per heavy atom. The van der Waals surface area contributed by atoms with E-state index in [1.165, 1.54) is 0 Å². The topological polar surface area (TPSA) is 66.4 Å². The van der Waals surface area contributed by atoms with Gasteiger partial charge in [0.25, 0.3) is 5.91 Å². The molecule has 1 aromatic rings. The Kier molecular flexibility index (Phi) is 4.04. The smallest absolute Gasteiger partial charge is 0.310 e. The van der Waals surface area contributed by atoms with Crippen molar-refractivity contribution in [1.29, 1.82) is 0 Å². The van der Waals surface area contributed by atoms with Gasteiger partial charge in [-0.3, -0.25) is 9.59 Å². The van der Waals surface area contributed by atoms with Crippen molar-refractivity contribution in [3.05, 3.63) is 46.0 Å². The molecule has 0 radical (unpaired) electrons. The maximum absolute atomic E-state index is 12.1. The number of rotatable bonds is 3. The zero-order valence-electron chi connectivity index (χ0n) is 10.4. The molecule has 0 fully saturated rings. The van der Waals surface area contributed by atoms with E-state index >= 15 is 0 Å². The first-order chi connectivity index (χ1) is 8.99. The minimum Gasteiger partial charge on any atom is -0.481 e. The van der Waals surface area contributed by atoms with Crippen LogP contribution in [0.1, 0.15) is 22.3 Å². The van der Waals surface area contributed by atoms with Gasteiger partial charge in [-0.05, 0) is 31.0 Å². The van der Waals surface area contributed by atoms with E-state index in [1.54, 1.807) is 24.3 Å². The van der Waals surface area contributed by atoms with Crippen LogP contribution in [0.4, 0.5) is 0 Å². The molecule has 0 saturated heterocycles. The lowest BCUT2D eigenvalue weighted by Crippen LogP contribution is -2.33. The van der Waals surface area contributed by atoms with Gasteiger partial charge >= 0.3 is 5.97 Å². The van der Waals surface area contributed by atoms with Crippen LogP contribution in [0.25, 0.3) is 0 Å². The van der Waals surface area contributed by atoms with Crippen LogP contribution >= 0.6 is 15.9 Å². The molecule has 2 N–H and O–H groups in total. The van der Waals surface area contributed by atoms with E-state index in [2.05, 4.69) is 21.2 Å². The highest BCUT2D eigenvalue weighted by Gasteiger charge is 2.25. The summed E-state index contributed by atoms with van der Waals surface area (Å²) < 4.78 is 0.880. The summed E-state index contributed by atoms with van der Waals surface area (Å²) in [5, 5.41) is 11.7. The first-order valence-corrected chi connectivity index (χ1v) is 6.75. The van der Waals surface area contributed by atoms with E-state index in [0.29, 0.717) is 12.0 Å². The van der Waals surface area contributed by atoms with Crippen molar-refractivity contribution in [2.24, 2.45) is 5.92 Å². The fraction of sp³-hybridized carbons (Fsp3) is 0.286. The third-order valence-electron chi connectivity index (χ3n) is 3.23. The van der Waals surface area contributed by atoms with Gasteiger partial charge in [-0.1, -0.05) is 34.1 Å². The molecule has 1 amide bonds. The van der Waals surface area contributed by atoms with Crippen LogP contribution in [0, 0.1) is 12.8 Å². The highest BCUT2D eigenvalue weighted by molar-refractivity contribution is 9.10. The van der Waals surface area contributed by atoms with Gasteiger partial charge in [-0.15, -0.1) is 0 Å². The van der Waals surface area contributed by atoms with Gasteiger partial charge < -0.3 is 10.4 Å². The molecule has 0 spiro atoms. The molecule has 1 aliphatic carbocycles. The van der Waals surface area contributed by atoms with Crippen LogP contribution in [0.5, 0.6) is 0 Å². The number of hydrogen-bond acceptors (Lipinski definition) is 2. The molecule has 19 heavy (non-hydrogen) atoms. The van der Waals surface area contributed by atoms with E-state index in [4.69, 9.17) is 5.11 Å². The molecule has 5 heteroatoms. The Morgan fingerprint density at radius 3 is 2.74 bits per heavy atom. The maximum atomic E-state index is 12.1. The number of aliphatic carboxylic acids is 1. The van der Waals surface area contributed by atoms with Crippen molar-refractivity contribution in [3.8, 4) is 0 Å². The lowest BCUT2D eigenvalue weighted by atomic mass is 10.1. The van der Waals surface area contributed by atoms with Crippen LogP contribution in [0.3, 0.4) is 0 Å². The standard InChI is InChI=1S/C14H14BrNO3/c1-8-11(3-2-4-12(8)15)13(17)16-10-6-5-9(7-10)14(18)19/h2-6,9-10H,7H2,1H3,(H,16,17)(H,18,19). The average Bonchev–Trinajstić information content (AvgIpc) is 2.81. The molecule has 100 valence electrons. The fourth-order valence-electron chi connectivity index (χ4n) is 2.09. The number of carbonyl (C=O) groups is 2. The lowest BCUT2D eigenvalue weighted by Gasteiger charge is -2.14. The third-order valence-corrected chi connectivity index (χ3v) is 4.09. The number of nitrogens with one attached hydrogen (secondary N) is 1. The van der Waals surface area contributed by atoms with Crippen molar-refractivity contribution in [1.82, 2.24) is 5.32 Å². The number of carboxylic acid groups (broad SMARTS) is 1. The molecular formula is C14H14BrNO3. The quantitative estimate of drug-likeness (QED) is 0.840. The zero-order valence-corrected chi connectivity index (χ0v) is 12.0. The second-order valence-corrected chi connectivity index (χ2v) is 5.41. The minimum atomic E-state index is -0.855. The Hall–Kier alpha value is -1.62. The molecule has 2 rings (SSSR count). The molecule has 0 saturated carbocycles. The van der Waals surface area contributed by atoms with Gasteiger partial charge in [0.15, 0.2) is 0 Å². The summed E-state index contributed by atoms with van der Waals surface area (Å²) in [6, 6.07) is 5.22. The number of carbonyl (C=O) groups excluding carboxylic acids is 1. The van der Waals surface area contributed by atoms with E-state index in [0.717, 1.165) is 10.0 Å². The summed E-state index contributed by atoms with van der Waals surface area (Å²) >= 11 is 3.38. The first kappa shape index (κ1) is 13.8. The molecule has 4 nitrogen and oxygen atoms in total. The van der Waals surface area contributed by atoms with E-state index in [9.17, 15) is 9.59 Å². The molecule has 0 aliphatic heterocycles. The summed E-state index contributed by atoms with van der Waals surface area (Å²) in [5.74, 6) is -1.54. The van der Waals surface area contributed by atoms with Gasteiger partial charge in [0.05, 0.1) is 5.92 Å². The summed E-state index contributed by atoms with van der Waals surface area (Å²) in [6.07, 6.45) is 3.78. The van der Waals surface area contributed by atoms with Crippen LogP contribution in [-0.2, 0) is 4.79 Å². The fourth-order valence-corrected chi connectivity index (χ4v) is 2.45. The van der Waals surface area contributed by atoms with E-state index in [-0.39, 0.29) is 11.9 Å². The largest absolute Gasteiger partial charge is 0.481 e. The van der Waals surface area contributed by atoms with Crippen molar-refractivity contribution >= 4 is 27.8 Å². The number of amides is 1. The summed E-state index contributed by atoms with van der Waals surface area (Å²) in [4.78, 5) is 23.0. The number of carboxylic acids is 1. The Bertz CT molecular complexity index is 554. The number of benzene rings is 1. The molecule has 1 aliphatic rings. The van der Waals surface area contributed by atoms with E-state index < -0.39 is 11.9 Å². The minimum absolute atomic E-state index is 0.181. The van der Waals surface area contributed by atoms with Crippen molar-refractivity contribution in [2.45, 2.75) is 19.4 Å². The van der Waals surface area contributed by atoms with Gasteiger partial charge in [0, 0.05) is 16.1 Å². The molecule has 2 unspecified atom stereocenters. The molecule has 0 bridgehead atoms. The molecule has 2 atom stereocenters. The van der Waals surface area contributed by atoms with Gasteiger partial charge in [0.1, 0.15) is 0 Å². The Balaban J connectivity index is 2.05. The predicted molar refractivity (Wildman–Crippen MR) is 75.0 cm³/mol. The Labute approximate surface area is 119 Å². The average molecular weight is 324 g/mol. The normalized spacial score (nSPS) is 21.4. The van der Waals surface area contributed by atoms with Gasteiger partial charge in [-0.25, -0.2) is 0 Å². The summed E-state index contributed by atoms with van der Waals surface area (Å²) in [7, 11) is 0. The second-order valence-electron chi connectivity index (χ2n) is 4.56. The van der Waals surface area contributed by atoms with Gasteiger partial charge in [0.2, 0.25) is 0 Å². The molecular weight excluding hydrogens is 310 g/mol. The predicted octanol–water partition coefficient (Wildman–Crippen LogP) is 2.52. The number of halogens is 1. The zero-order chi connectivity index (χ0) is 14.0. The van der Waals surface area contributed by atoms with Crippen LogP contribution in [-0.4, -0.2) is 23.0 Å². The third kappa shape index (κ3) is 3.04. The molecule has 1 aromatic carbocycles. The number of hydrogen-bond donors (Lipinski definition) is 2. The van der Waals surface area contributed by atoms with Crippen molar-refractivity contribution in [2.75, 3.05) is 0 Å². The van der Waals surface area contributed by atoms with Gasteiger partial charge in [-0.2, -0.15) is 0 Å². The lowest BCUT2D eigenvalue weighted by molar-refractivity contribution is -0.140. The van der Waals surface area contributed by atoms with Crippen molar-refractivity contribution in [3.63, 3.8) is 0 Å². The molecule has 0 heterocycles. The Morgan fingerprint density at radius 2 is 2.11 bits per heavy atom. The van der Waals surface area contributed by atoms with Crippen LogP contribution in [0.2, 0.25) is 0 Å². The highest BCUT2D eigenvalue weighted by atomic mass is 79.9. The highest BCUT2D eigenvalue weighted by Crippen LogP contribution is 2.21. The van der Waals surface area contributed by atoms with E-state index in [1.807, 2.05) is 13.0 Å². The maximum Gasteiger partial charge on any atom is 0.310 e. The summed E-state index contributed by atoms with van der Waals surface area (Å²) in [5.41, 5.74) is 1.47. The second kappa shape index (κ2) is 5.57.